The van der Waals surface area contributed by atoms with E-state index in [9.17, 15) is 19.5 Å². The fraction of sp³-hybridized carbons (Fsp3) is 0.531. The van der Waals surface area contributed by atoms with E-state index in [0.29, 0.717) is 55.9 Å². The minimum atomic E-state index is -0.343. The minimum absolute atomic E-state index is 0. The predicted molar refractivity (Wildman–Crippen MR) is 164 cm³/mol. The number of hydrogen-bond acceptors (Lipinski definition) is 5. The van der Waals surface area contributed by atoms with Gasteiger partial charge >= 0.3 is 29.6 Å². The molecule has 2 aromatic carbocycles. The van der Waals surface area contributed by atoms with Crippen LogP contribution in [0.15, 0.2) is 45.3 Å². The number of halogens is 2. The molecule has 41 heavy (non-hydrogen) atoms. The van der Waals surface area contributed by atoms with Crippen molar-refractivity contribution >= 4 is 57.6 Å². The van der Waals surface area contributed by atoms with Crippen molar-refractivity contribution in [2.24, 2.45) is 0 Å². The third-order valence-corrected chi connectivity index (χ3v) is 10.2. The molecular formula is C32H37BBr2NaO5. The Labute approximate surface area is 285 Å². The molecule has 0 amide bonds. The van der Waals surface area contributed by atoms with E-state index in [1.165, 1.54) is 29.5 Å². The Bertz CT molecular complexity index is 1260. The summed E-state index contributed by atoms with van der Waals surface area (Å²) >= 11 is 6.90. The van der Waals surface area contributed by atoms with Gasteiger partial charge in [-0.15, -0.1) is 0 Å². The fourth-order valence-corrected chi connectivity index (χ4v) is 7.81. The molecule has 7 rings (SSSR count). The number of hydrogen-bond donors (Lipinski definition) is 1. The first-order valence-corrected chi connectivity index (χ1v) is 15.7. The number of aliphatic hydroxyl groups excluding tert-OH is 1. The number of fused-ring (bicyclic) bond motifs is 4. The van der Waals surface area contributed by atoms with Gasteiger partial charge in [0.05, 0.1) is 16.9 Å². The number of ether oxygens (including phenoxy) is 1. The maximum Gasteiger partial charge on any atom is 1.00 e. The van der Waals surface area contributed by atoms with Gasteiger partial charge in [-0.05, 0) is 97.9 Å². The van der Waals surface area contributed by atoms with Crippen LogP contribution in [0.3, 0.4) is 0 Å². The minimum Gasteiger partial charge on any atom is -1.00 e. The van der Waals surface area contributed by atoms with Crippen molar-refractivity contribution in [1.29, 1.82) is 0 Å². The molecule has 1 heterocycles. The van der Waals surface area contributed by atoms with E-state index in [1.807, 2.05) is 18.2 Å². The zero-order valence-electron chi connectivity index (χ0n) is 24.9. The van der Waals surface area contributed by atoms with Gasteiger partial charge in [-0.2, -0.15) is 0 Å². The molecule has 1 saturated heterocycles. The van der Waals surface area contributed by atoms with Gasteiger partial charge in [-0.25, -0.2) is 0 Å². The van der Waals surface area contributed by atoms with Crippen LogP contribution in [0.25, 0.3) is 0 Å². The number of Topliss-reactive ketones (excluding diaryl/α,β-unsaturated/α-hetero) is 3. The van der Waals surface area contributed by atoms with E-state index >= 15 is 0 Å². The zero-order chi connectivity index (χ0) is 27.6. The van der Waals surface area contributed by atoms with E-state index in [1.54, 1.807) is 0 Å². The quantitative estimate of drug-likeness (QED) is 0.429. The SMILES string of the molecule is C1CCOC1.O=C1CCC2(CC1)C(=O)Cc1cc(Br)ccc12.O=C1Cc2cc(Br)ccc2C12CCC(O)CC2.[B].[H-].[Na+]. The van der Waals surface area contributed by atoms with Gasteiger partial charge < -0.3 is 11.3 Å². The topological polar surface area (TPSA) is 80.7 Å². The second kappa shape index (κ2) is 14.9. The maximum atomic E-state index is 12.3. The van der Waals surface area contributed by atoms with Gasteiger partial charge in [-0.3, -0.25) is 14.4 Å². The average molecular weight is 695 g/mol. The van der Waals surface area contributed by atoms with Gasteiger partial charge in [0.25, 0.3) is 0 Å². The second-order valence-electron chi connectivity index (χ2n) is 11.6. The summed E-state index contributed by atoms with van der Waals surface area (Å²) in [5.41, 5.74) is 4.05. The normalized spacial score (nSPS) is 25.2. The molecule has 4 aliphatic carbocycles. The molecule has 9 heteroatoms. The molecule has 213 valence electrons. The number of rotatable bonds is 0. The summed E-state index contributed by atoms with van der Waals surface area (Å²) < 4.78 is 7.00. The molecule has 2 aromatic rings. The summed E-state index contributed by atoms with van der Waals surface area (Å²) in [6, 6.07) is 12.3. The first-order valence-electron chi connectivity index (χ1n) is 14.2. The number of carbonyl (C=O) groups is 3. The third kappa shape index (κ3) is 7.38. The molecule has 0 unspecified atom stereocenters. The summed E-state index contributed by atoms with van der Waals surface area (Å²) in [5, 5.41) is 9.61. The van der Waals surface area contributed by atoms with E-state index in [2.05, 4.69) is 50.1 Å². The Balaban J connectivity index is 0.000000237. The molecule has 2 spiro atoms. The van der Waals surface area contributed by atoms with Crippen molar-refractivity contribution in [3.8, 4) is 0 Å². The van der Waals surface area contributed by atoms with Crippen LogP contribution in [-0.4, -0.2) is 50.2 Å². The summed E-state index contributed by atoms with van der Waals surface area (Å²) in [6.07, 6.45) is 9.08. The van der Waals surface area contributed by atoms with Crippen molar-refractivity contribution in [3.05, 3.63) is 67.6 Å². The summed E-state index contributed by atoms with van der Waals surface area (Å²) in [4.78, 5) is 36.0. The molecule has 3 fully saturated rings. The Morgan fingerprint density at radius 3 is 1.61 bits per heavy atom. The van der Waals surface area contributed by atoms with Gasteiger partial charge in [-0.1, -0.05) is 44.0 Å². The largest absolute Gasteiger partial charge is 1.00 e. The van der Waals surface area contributed by atoms with Gasteiger partial charge in [0.15, 0.2) is 0 Å². The van der Waals surface area contributed by atoms with Crippen molar-refractivity contribution in [1.82, 2.24) is 0 Å². The number of carbonyl (C=O) groups excluding carboxylic acids is 3. The fourth-order valence-electron chi connectivity index (χ4n) is 6.99. The van der Waals surface area contributed by atoms with Crippen molar-refractivity contribution < 1.29 is 55.2 Å². The van der Waals surface area contributed by atoms with Crippen LogP contribution in [0.2, 0.25) is 0 Å². The summed E-state index contributed by atoms with van der Waals surface area (Å²) in [6.45, 7) is 2.00. The molecule has 0 bridgehead atoms. The van der Waals surface area contributed by atoms with Crippen molar-refractivity contribution in [3.63, 3.8) is 0 Å². The van der Waals surface area contributed by atoms with Crippen molar-refractivity contribution in [2.75, 3.05) is 13.2 Å². The van der Waals surface area contributed by atoms with Crippen LogP contribution in [0.1, 0.15) is 87.9 Å². The predicted octanol–water partition coefficient (Wildman–Crippen LogP) is 3.23. The van der Waals surface area contributed by atoms with Gasteiger partial charge in [0.1, 0.15) is 17.3 Å². The van der Waals surface area contributed by atoms with E-state index in [0.717, 1.165) is 53.4 Å². The van der Waals surface area contributed by atoms with Crippen LogP contribution in [0, 0.1) is 0 Å². The van der Waals surface area contributed by atoms with E-state index in [-0.39, 0.29) is 56.3 Å². The van der Waals surface area contributed by atoms with Crippen LogP contribution >= 0.6 is 31.9 Å². The molecule has 3 radical (unpaired) electrons. The molecule has 5 aliphatic rings. The molecule has 1 aliphatic heterocycles. The maximum absolute atomic E-state index is 12.3. The van der Waals surface area contributed by atoms with Crippen molar-refractivity contribution in [2.45, 2.75) is 94.0 Å². The summed E-state index contributed by atoms with van der Waals surface area (Å²) in [5.74, 6) is 0.949. The summed E-state index contributed by atoms with van der Waals surface area (Å²) in [7, 11) is 0. The molecule has 0 aromatic heterocycles. The first-order chi connectivity index (χ1) is 18.7. The number of aliphatic hydroxyl groups is 1. The Hall–Kier alpha value is -0.605. The number of benzene rings is 2. The smallest absolute Gasteiger partial charge is 1.00 e. The molecule has 1 N–H and O–H groups in total. The molecule has 2 saturated carbocycles. The van der Waals surface area contributed by atoms with Crippen LogP contribution < -0.4 is 29.6 Å². The standard InChI is InChI=1S/C14H15BrO2.C14H13BrO2.C4H8O.B.Na.H/c2*15-10-1-2-12-9(7-10)8-13(17)14(12)5-3-11(16)4-6-14;1-2-4-5-3-1;;;/h1-2,7,11,16H,3-6,8H2;1-2,7H,3-6,8H2;1-4H2;;;/q;;;;+1;-1. The average Bonchev–Trinajstić information content (AvgIpc) is 3.63. The molecule has 0 atom stereocenters. The Kier molecular flexibility index (Phi) is 12.7. The van der Waals surface area contributed by atoms with Crippen LogP contribution in [-0.2, 0) is 42.8 Å². The van der Waals surface area contributed by atoms with Gasteiger partial charge in [0, 0.05) is 56.3 Å². The second-order valence-corrected chi connectivity index (χ2v) is 13.4. The number of ketones is 3. The van der Waals surface area contributed by atoms with Crippen LogP contribution in [0.4, 0.5) is 0 Å². The Morgan fingerprint density at radius 1 is 0.756 bits per heavy atom. The van der Waals surface area contributed by atoms with Gasteiger partial charge in [0.2, 0.25) is 0 Å². The molecule has 5 nitrogen and oxygen atoms in total. The van der Waals surface area contributed by atoms with E-state index < -0.39 is 0 Å². The molecular weight excluding hydrogens is 658 g/mol. The third-order valence-electron chi connectivity index (χ3n) is 9.23. The van der Waals surface area contributed by atoms with Crippen LogP contribution in [0.5, 0.6) is 0 Å². The monoisotopic (exact) mass is 693 g/mol. The van der Waals surface area contributed by atoms with E-state index in [4.69, 9.17) is 4.74 Å². The first kappa shape index (κ1) is 34.9. The Morgan fingerprint density at radius 2 is 1.20 bits per heavy atom. The zero-order valence-corrected chi connectivity index (χ0v) is 29.0.